The standard InChI is InChI=1S/C21H21N3O4/c1-22-13-23-21(15-7-9-20(27-3)17(25)12-15)24-16-11-14(6-8-19(16)26-2)18-5-4-10-28-18/h4-6,8-13,24-25H,1,7H2,2-3H3/b21-15-,23-13-. The molecule has 2 N–H and O–H groups in total. The van der Waals surface area contributed by atoms with Crippen LogP contribution in [-0.4, -0.2) is 32.4 Å². The van der Waals surface area contributed by atoms with Gasteiger partial charge in [-0.2, -0.15) is 0 Å². The van der Waals surface area contributed by atoms with E-state index >= 15 is 0 Å². The van der Waals surface area contributed by atoms with E-state index in [4.69, 9.17) is 13.9 Å². The van der Waals surface area contributed by atoms with Crippen molar-refractivity contribution in [3.8, 4) is 17.1 Å². The molecule has 0 spiro atoms. The predicted molar refractivity (Wildman–Crippen MR) is 110 cm³/mol. The Morgan fingerprint density at radius 2 is 2.14 bits per heavy atom. The van der Waals surface area contributed by atoms with E-state index in [0.29, 0.717) is 29.4 Å². The van der Waals surface area contributed by atoms with Crippen LogP contribution in [0, 0.1) is 0 Å². The average molecular weight is 379 g/mol. The van der Waals surface area contributed by atoms with Gasteiger partial charge in [-0.15, -0.1) is 0 Å². The molecule has 0 saturated carbocycles. The van der Waals surface area contributed by atoms with Crippen LogP contribution in [-0.2, 0) is 4.74 Å². The fourth-order valence-corrected chi connectivity index (χ4v) is 2.78. The zero-order valence-corrected chi connectivity index (χ0v) is 15.7. The maximum absolute atomic E-state index is 10.1. The Bertz CT molecular complexity index is 970. The highest BCUT2D eigenvalue weighted by molar-refractivity contribution is 5.72. The summed E-state index contributed by atoms with van der Waals surface area (Å²) < 4.78 is 16.1. The minimum Gasteiger partial charge on any atom is -0.504 e. The third-order valence-corrected chi connectivity index (χ3v) is 4.12. The summed E-state index contributed by atoms with van der Waals surface area (Å²) in [5, 5.41) is 13.4. The van der Waals surface area contributed by atoms with Crippen molar-refractivity contribution in [2.75, 3.05) is 19.5 Å². The number of ether oxygens (including phenoxy) is 2. The Kier molecular flexibility index (Phi) is 5.96. The Balaban J connectivity index is 2.01. The van der Waals surface area contributed by atoms with E-state index in [-0.39, 0.29) is 5.76 Å². The van der Waals surface area contributed by atoms with Gasteiger partial charge in [0.25, 0.3) is 0 Å². The van der Waals surface area contributed by atoms with Gasteiger partial charge >= 0.3 is 0 Å². The largest absolute Gasteiger partial charge is 0.504 e. The average Bonchev–Trinajstić information content (AvgIpc) is 3.25. The Morgan fingerprint density at radius 1 is 1.29 bits per heavy atom. The van der Waals surface area contributed by atoms with Gasteiger partial charge in [0.2, 0.25) is 0 Å². The van der Waals surface area contributed by atoms with Crippen LogP contribution < -0.4 is 10.1 Å². The number of allylic oxidation sites excluding steroid dienone is 3. The number of aliphatic imine (C=N–C) groups is 2. The molecule has 7 nitrogen and oxygen atoms in total. The SMILES string of the molecule is C=N/C=N\C(Nc1cc(-c2ccco2)ccc1OC)=C1\C=C(O)C(OC)=CC1. The maximum Gasteiger partial charge on any atom is 0.157 e. The van der Waals surface area contributed by atoms with Crippen molar-refractivity contribution in [2.24, 2.45) is 9.98 Å². The molecule has 0 atom stereocenters. The smallest absolute Gasteiger partial charge is 0.157 e. The van der Waals surface area contributed by atoms with E-state index in [1.807, 2.05) is 30.3 Å². The van der Waals surface area contributed by atoms with E-state index < -0.39 is 0 Å². The van der Waals surface area contributed by atoms with E-state index in [2.05, 4.69) is 22.0 Å². The molecule has 0 unspecified atom stereocenters. The third-order valence-electron chi connectivity index (χ3n) is 4.12. The van der Waals surface area contributed by atoms with Gasteiger partial charge in [-0.1, -0.05) is 0 Å². The van der Waals surface area contributed by atoms with Crippen LogP contribution in [0.15, 0.2) is 86.1 Å². The highest BCUT2D eigenvalue weighted by Gasteiger charge is 2.16. The lowest BCUT2D eigenvalue weighted by Crippen LogP contribution is -2.06. The molecule has 0 saturated heterocycles. The Morgan fingerprint density at radius 3 is 2.79 bits per heavy atom. The number of benzene rings is 1. The molecular formula is C21H21N3O4. The molecule has 1 aromatic heterocycles. The van der Waals surface area contributed by atoms with E-state index in [1.165, 1.54) is 13.4 Å². The van der Waals surface area contributed by atoms with E-state index in [0.717, 1.165) is 16.9 Å². The van der Waals surface area contributed by atoms with Crippen molar-refractivity contribution in [1.82, 2.24) is 0 Å². The molecule has 1 aliphatic rings. The number of rotatable bonds is 7. The number of furan rings is 1. The van der Waals surface area contributed by atoms with Crippen LogP contribution in [0.3, 0.4) is 0 Å². The van der Waals surface area contributed by atoms with Crippen molar-refractivity contribution >= 4 is 18.7 Å². The molecule has 0 amide bonds. The number of aliphatic hydroxyl groups is 1. The molecule has 1 heterocycles. The molecule has 0 bridgehead atoms. The molecule has 3 rings (SSSR count). The van der Waals surface area contributed by atoms with Gasteiger partial charge < -0.3 is 24.3 Å². The predicted octanol–water partition coefficient (Wildman–Crippen LogP) is 4.68. The van der Waals surface area contributed by atoms with Gasteiger partial charge in [-0.25, -0.2) is 4.99 Å². The monoisotopic (exact) mass is 379 g/mol. The summed E-state index contributed by atoms with van der Waals surface area (Å²) in [5.74, 6) is 2.32. The van der Waals surface area contributed by atoms with Crippen molar-refractivity contribution in [3.05, 3.63) is 71.7 Å². The molecule has 2 aromatic rings. The van der Waals surface area contributed by atoms with Gasteiger partial charge in [-0.3, -0.25) is 4.99 Å². The quantitative estimate of drug-likeness (QED) is 0.538. The second-order valence-corrected chi connectivity index (χ2v) is 5.82. The zero-order valence-electron chi connectivity index (χ0n) is 15.7. The lowest BCUT2D eigenvalue weighted by atomic mass is 10.1. The van der Waals surface area contributed by atoms with Crippen molar-refractivity contribution in [1.29, 1.82) is 0 Å². The minimum absolute atomic E-state index is 0.0288. The normalized spacial score (nSPS) is 15.6. The first-order chi connectivity index (χ1) is 13.7. The molecule has 0 aliphatic heterocycles. The number of hydrogen-bond donors (Lipinski definition) is 2. The van der Waals surface area contributed by atoms with Crippen molar-refractivity contribution in [2.45, 2.75) is 6.42 Å². The summed E-state index contributed by atoms with van der Waals surface area (Å²) in [5.41, 5.74) is 2.32. The summed E-state index contributed by atoms with van der Waals surface area (Å²) in [4.78, 5) is 8.00. The fraction of sp³-hybridized carbons (Fsp3) is 0.143. The van der Waals surface area contributed by atoms with Gasteiger partial charge in [0.15, 0.2) is 11.5 Å². The van der Waals surface area contributed by atoms with Crippen LogP contribution in [0.4, 0.5) is 5.69 Å². The number of nitrogens with one attached hydrogen (secondary N) is 1. The summed E-state index contributed by atoms with van der Waals surface area (Å²) in [6, 6.07) is 9.36. The van der Waals surface area contributed by atoms with Crippen molar-refractivity contribution in [3.63, 3.8) is 0 Å². The molecule has 1 aliphatic carbocycles. The van der Waals surface area contributed by atoms with Gasteiger partial charge in [0.05, 0.1) is 26.2 Å². The molecule has 7 heteroatoms. The highest BCUT2D eigenvalue weighted by atomic mass is 16.5. The lowest BCUT2D eigenvalue weighted by Gasteiger charge is -2.17. The molecule has 28 heavy (non-hydrogen) atoms. The second kappa shape index (κ2) is 8.77. The van der Waals surface area contributed by atoms with Crippen LogP contribution in [0.5, 0.6) is 5.75 Å². The van der Waals surface area contributed by atoms with Crippen LogP contribution in [0.1, 0.15) is 6.42 Å². The number of nitrogens with zero attached hydrogens (tertiary/aromatic N) is 2. The maximum atomic E-state index is 10.1. The van der Waals surface area contributed by atoms with Crippen LogP contribution in [0.2, 0.25) is 0 Å². The van der Waals surface area contributed by atoms with Gasteiger partial charge in [0.1, 0.15) is 23.7 Å². The number of methoxy groups -OCH3 is 2. The summed E-state index contributed by atoms with van der Waals surface area (Å²) in [6.45, 7) is 3.42. The van der Waals surface area contributed by atoms with Crippen LogP contribution in [0.25, 0.3) is 11.3 Å². The first-order valence-corrected chi connectivity index (χ1v) is 8.52. The van der Waals surface area contributed by atoms with E-state index in [1.54, 1.807) is 25.5 Å². The summed E-state index contributed by atoms with van der Waals surface area (Å²) >= 11 is 0. The minimum atomic E-state index is 0.0288. The number of anilines is 1. The first kappa shape index (κ1) is 19.0. The van der Waals surface area contributed by atoms with E-state index in [9.17, 15) is 5.11 Å². The lowest BCUT2D eigenvalue weighted by molar-refractivity contribution is 0.253. The van der Waals surface area contributed by atoms with Gasteiger partial charge in [-0.05, 0) is 55.6 Å². The number of hydrogen-bond acceptors (Lipinski definition) is 6. The molecule has 1 aromatic carbocycles. The Hall–Kier alpha value is -3.74. The molecule has 144 valence electrons. The van der Waals surface area contributed by atoms with Crippen LogP contribution >= 0.6 is 0 Å². The summed E-state index contributed by atoms with van der Waals surface area (Å²) in [6.07, 6.45) is 6.85. The molecular weight excluding hydrogens is 358 g/mol. The highest BCUT2D eigenvalue weighted by Crippen LogP contribution is 2.33. The number of aliphatic hydroxyl groups excluding tert-OH is 1. The van der Waals surface area contributed by atoms with Crippen molar-refractivity contribution < 1.29 is 19.0 Å². The third kappa shape index (κ3) is 4.15. The fourth-order valence-electron chi connectivity index (χ4n) is 2.78. The molecule has 0 fully saturated rings. The first-order valence-electron chi connectivity index (χ1n) is 8.52. The van der Waals surface area contributed by atoms with Gasteiger partial charge in [0, 0.05) is 11.1 Å². The zero-order chi connectivity index (χ0) is 19.9. The summed E-state index contributed by atoms with van der Waals surface area (Å²) in [7, 11) is 3.10. The topological polar surface area (TPSA) is 88.6 Å². The Labute approximate surface area is 163 Å². The second-order valence-electron chi connectivity index (χ2n) is 5.82. The molecule has 0 radical (unpaired) electrons.